The minimum absolute atomic E-state index is 0.146. The summed E-state index contributed by atoms with van der Waals surface area (Å²) >= 11 is 0. The normalized spacial score (nSPS) is 17.5. The molecule has 1 atom stereocenters. The van der Waals surface area contributed by atoms with Crippen LogP contribution < -0.4 is 0 Å². The van der Waals surface area contributed by atoms with Crippen molar-refractivity contribution in [2.75, 3.05) is 6.54 Å². The summed E-state index contributed by atoms with van der Waals surface area (Å²) in [7, 11) is 1.73. The Bertz CT molecular complexity index is 1150. The average molecular weight is 448 g/mol. The summed E-state index contributed by atoms with van der Waals surface area (Å²) in [4.78, 5) is 19.5. The van der Waals surface area contributed by atoms with E-state index in [1.165, 1.54) is 0 Å². The summed E-state index contributed by atoms with van der Waals surface area (Å²) in [6.45, 7) is 6.29. The van der Waals surface area contributed by atoms with Gasteiger partial charge in [-0.15, -0.1) is 0 Å². The largest absolute Gasteiger partial charge is 0.433 e. The number of carbonyl (C=O) groups is 1. The molecule has 1 saturated heterocycles. The number of amides is 1. The Balaban J connectivity index is 1.75. The van der Waals surface area contributed by atoms with Crippen LogP contribution in [0.25, 0.3) is 5.65 Å². The zero-order chi connectivity index (χ0) is 23.2. The van der Waals surface area contributed by atoms with Gasteiger partial charge in [0.1, 0.15) is 11.4 Å². The van der Waals surface area contributed by atoms with Gasteiger partial charge in [0.2, 0.25) is 0 Å². The van der Waals surface area contributed by atoms with Crippen molar-refractivity contribution in [2.24, 2.45) is 7.05 Å². The van der Waals surface area contributed by atoms with E-state index in [1.807, 2.05) is 13.8 Å². The summed E-state index contributed by atoms with van der Waals surface area (Å²) in [6.07, 6.45) is -1.85. The number of rotatable bonds is 4. The Morgan fingerprint density at radius 1 is 1.19 bits per heavy atom. The molecule has 0 N–H and O–H groups in total. The van der Waals surface area contributed by atoms with E-state index in [0.29, 0.717) is 36.5 Å². The van der Waals surface area contributed by atoms with Crippen LogP contribution in [0.2, 0.25) is 0 Å². The molecule has 1 amide bonds. The van der Waals surface area contributed by atoms with E-state index in [1.54, 1.807) is 35.7 Å². The molecule has 0 aliphatic carbocycles. The molecule has 1 aliphatic rings. The van der Waals surface area contributed by atoms with Crippen molar-refractivity contribution in [3.63, 3.8) is 0 Å². The first-order valence-corrected chi connectivity index (χ1v) is 10.9. The van der Waals surface area contributed by atoms with Crippen LogP contribution in [0.1, 0.15) is 85.3 Å². The van der Waals surface area contributed by atoms with Gasteiger partial charge >= 0.3 is 6.18 Å². The molecular weight excluding hydrogens is 421 g/mol. The van der Waals surface area contributed by atoms with Gasteiger partial charge in [-0.05, 0) is 43.7 Å². The van der Waals surface area contributed by atoms with Gasteiger partial charge in [-0.25, -0.2) is 9.50 Å². The van der Waals surface area contributed by atoms with Crippen molar-refractivity contribution in [3.8, 4) is 0 Å². The smallest absolute Gasteiger partial charge is 0.329 e. The minimum Gasteiger partial charge on any atom is -0.329 e. The highest BCUT2D eigenvalue weighted by Gasteiger charge is 2.37. The predicted octanol–water partition coefficient (Wildman–Crippen LogP) is 4.53. The van der Waals surface area contributed by atoms with Crippen LogP contribution in [-0.4, -0.2) is 41.7 Å². The zero-order valence-corrected chi connectivity index (χ0v) is 18.6. The second-order valence-electron chi connectivity index (χ2n) is 8.57. The van der Waals surface area contributed by atoms with E-state index in [-0.39, 0.29) is 17.5 Å². The van der Waals surface area contributed by atoms with Gasteiger partial charge in [0, 0.05) is 25.4 Å². The fourth-order valence-electron chi connectivity index (χ4n) is 4.19. The van der Waals surface area contributed by atoms with E-state index in [0.717, 1.165) is 29.1 Å². The van der Waals surface area contributed by atoms with E-state index in [4.69, 9.17) is 0 Å². The van der Waals surface area contributed by atoms with Gasteiger partial charge in [-0.1, -0.05) is 20.8 Å². The second kappa shape index (κ2) is 8.22. The Morgan fingerprint density at radius 3 is 2.56 bits per heavy atom. The molecule has 3 aromatic rings. The van der Waals surface area contributed by atoms with Gasteiger partial charge < -0.3 is 4.90 Å². The van der Waals surface area contributed by atoms with E-state index in [2.05, 4.69) is 15.2 Å². The molecule has 1 fully saturated rings. The van der Waals surface area contributed by atoms with Gasteiger partial charge in [0.05, 0.1) is 17.4 Å². The molecule has 4 heterocycles. The quantitative estimate of drug-likeness (QED) is 0.588. The summed E-state index contributed by atoms with van der Waals surface area (Å²) in [5.74, 6) is -0.00937. The van der Waals surface area contributed by atoms with Crippen LogP contribution in [0.15, 0.2) is 18.2 Å². The first-order valence-electron chi connectivity index (χ1n) is 10.9. The van der Waals surface area contributed by atoms with Crippen molar-refractivity contribution < 1.29 is 18.0 Å². The summed E-state index contributed by atoms with van der Waals surface area (Å²) in [5.41, 5.74) is 1.36. The average Bonchev–Trinajstić information content (AvgIpc) is 3.35. The molecule has 0 saturated carbocycles. The topological polar surface area (TPSA) is 68.3 Å². The van der Waals surface area contributed by atoms with Crippen LogP contribution >= 0.6 is 0 Å². The van der Waals surface area contributed by atoms with Gasteiger partial charge in [0.25, 0.3) is 5.91 Å². The van der Waals surface area contributed by atoms with Crippen LogP contribution in [0.4, 0.5) is 13.2 Å². The maximum Gasteiger partial charge on any atom is 0.433 e. The first-order chi connectivity index (χ1) is 15.1. The monoisotopic (exact) mass is 448 g/mol. The number of aromatic nitrogens is 5. The number of piperidine rings is 1. The number of alkyl halides is 3. The molecule has 7 nitrogen and oxygen atoms in total. The number of halogens is 3. The molecule has 32 heavy (non-hydrogen) atoms. The highest BCUT2D eigenvalue weighted by atomic mass is 19.4. The highest BCUT2D eigenvalue weighted by molar-refractivity contribution is 5.93. The Hall–Kier alpha value is -2.91. The fraction of sp³-hybridized carbons (Fsp3) is 0.545. The lowest BCUT2D eigenvalue weighted by atomic mass is 9.98. The van der Waals surface area contributed by atoms with E-state index in [9.17, 15) is 18.0 Å². The number of aryl methyl sites for hydroxylation is 2. The van der Waals surface area contributed by atoms with Gasteiger partial charge in [-0.3, -0.25) is 9.48 Å². The first kappa shape index (κ1) is 22.3. The molecular formula is C22H27F3N6O. The second-order valence-corrected chi connectivity index (χ2v) is 8.57. The molecule has 0 spiro atoms. The van der Waals surface area contributed by atoms with Crippen LogP contribution in [0, 0.1) is 0 Å². The maximum absolute atomic E-state index is 13.7. The van der Waals surface area contributed by atoms with Crippen molar-refractivity contribution in [1.82, 2.24) is 29.3 Å². The predicted molar refractivity (Wildman–Crippen MR) is 112 cm³/mol. The molecule has 0 radical (unpaired) electrons. The summed E-state index contributed by atoms with van der Waals surface area (Å²) in [6, 6.07) is 3.99. The van der Waals surface area contributed by atoms with Crippen LogP contribution in [0.5, 0.6) is 0 Å². The Kier molecular flexibility index (Phi) is 5.72. The SMILES string of the molecule is CCc1cc(C(F)(F)F)n2nc(C3CCCCN3C(=O)c3cc(C(C)C)nn3C)cc2n1. The number of nitrogens with zero attached hydrogens (tertiary/aromatic N) is 6. The number of hydrogen-bond acceptors (Lipinski definition) is 4. The third-order valence-electron chi connectivity index (χ3n) is 5.97. The zero-order valence-electron chi connectivity index (χ0n) is 18.6. The summed E-state index contributed by atoms with van der Waals surface area (Å²) in [5, 5.41) is 8.71. The number of carbonyl (C=O) groups excluding carboxylic acids is 1. The Labute approximate surface area is 184 Å². The lowest BCUT2D eigenvalue weighted by Crippen LogP contribution is -2.39. The molecule has 3 aromatic heterocycles. The lowest BCUT2D eigenvalue weighted by Gasteiger charge is -2.34. The molecule has 0 bridgehead atoms. The Morgan fingerprint density at radius 2 is 1.94 bits per heavy atom. The van der Waals surface area contributed by atoms with Crippen molar-refractivity contribution in [1.29, 1.82) is 0 Å². The molecule has 1 unspecified atom stereocenters. The fourth-order valence-corrected chi connectivity index (χ4v) is 4.19. The molecule has 4 rings (SSSR count). The van der Waals surface area contributed by atoms with E-state index >= 15 is 0 Å². The summed E-state index contributed by atoms with van der Waals surface area (Å²) < 4.78 is 43.4. The van der Waals surface area contributed by atoms with E-state index < -0.39 is 17.9 Å². The third-order valence-corrected chi connectivity index (χ3v) is 5.97. The van der Waals surface area contributed by atoms with Crippen LogP contribution in [0.3, 0.4) is 0 Å². The van der Waals surface area contributed by atoms with Crippen molar-refractivity contribution in [2.45, 2.75) is 64.6 Å². The van der Waals surface area contributed by atoms with Crippen molar-refractivity contribution >= 4 is 11.6 Å². The number of likely N-dealkylation sites (tertiary alicyclic amines) is 1. The standard InChI is InChI=1S/C22H27F3N6O/c1-5-14-10-19(22(23,24)25)31-20(26-14)12-16(28-31)17-8-6-7-9-30(17)21(32)18-11-15(13(2)3)27-29(18)4/h10-13,17H,5-9H2,1-4H3. The molecule has 0 aromatic carbocycles. The van der Waals surface area contributed by atoms with Crippen molar-refractivity contribution in [3.05, 3.63) is 46.7 Å². The minimum atomic E-state index is -4.56. The van der Waals surface area contributed by atoms with Gasteiger partial charge in [0.15, 0.2) is 5.65 Å². The molecule has 10 heteroatoms. The molecule has 172 valence electrons. The maximum atomic E-state index is 13.7. The van der Waals surface area contributed by atoms with Gasteiger partial charge in [-0.2, -0.15) is 23.4 Å². The molecule has 1 aliphatic heterocycles. The third kappa shape index (κ3) is 3.98. The number of fused-ring (bicyclic) bond motifs is 1. The highest BCUT2D eigenvalue weighted by Crippen LogP contribution is 2.34. The lowest BCUT2D eigenvalue weighted by molar-refractivity contribution is -0.142. The van der Waals surface area contributed by atoms with Crippen LogP contribution in [-0.2, 0) is 19.6 Å². The number of hydrogen-bond donors (Lipinski definition) is 0.